The maximum Gasteiger partial charge on any atom is 0.335 e. The molecular weight excluding hydrogens is 634 g/mol. The van der Waals surface area contributed by atoms with Crippen molar-refractivity contribution in [1.29, 1.82) is 0 Å². The number of methoxy groups -OCH3 is 1. The molecule has 0 spiro atoms. The van der Waals surface area contributed by atoms with Gasteiger partial charge in [-0.1, -0.05) is 0 Å². The Balaban J connectivity index is 2.57. The second-order valence-electron chi connectivity index (χ2n) is 7.60. The van der Waals surface area contributed by atoms with Crippen molar-refractivity contribution in [2.75, 3.05) is 20.3 Å². The van der Waals surface area contributed by atoms with Crippen molar-refractivity contribution in [2.45, 2.75) is 55.4 Å². The topological polar surface area (TPSA) is 343 Å². The molecule has 0 amide bonds. The molecule has 0 aliphatic carbocycles. The van der Waals surface area contributed by atoms with E-state index in [4.69, 9.17) is 14.2 Å². The minimum atomic E-state index is -5.82. The number of nitrogens with one attached hydrogen (secondary N) is 1. The smallest absolute Gasteiger partial charge is 0.335 e. The Morgan fingerprint density at radius 3 is 1.97 bits per heavy atom. The molecule has 0 bridgehead atoms. The normalized spacial score (nSPS) is 33.0. The lowest BCUT2D eigenvalue weighted by molar-refractivity contribution is -0.302. The average Bonchev–Trinajstić information content (AvgIpc) is 2.73. The van der Waals surface area contributed by atoms with Gasteiger partial charge in [-0.2, -0.15) is 0 Å². The van der Waals surface area contributed by atoms with Crippen LogP contribution in [0.1, 0.15) is 6.42 Å². The maximum absolute atomic E-state index is 11.9. The van der Waals surface area contributed by atoms with Crippen LogP contribution in [0.4, 0.5) is 0 Å². The fourth-order valence-electron chi connectivity index (χ4n) is 3.48. The monoisotopic (exact) mass is 653 g/mol. The van der Waals surface area contributed by atoms with E-state index in [2.05, 4.69) is 17.3 Å². The van der Waals surface area contributed by atoms with Gasteiger partial charge in [0.15, 0.2) is 28.8 Å². The molecule has 26 heteroatoms. The molecule has 22 nitrogen and oxygen atoms in total. The van der Waals surface area contributed by atoms with Crippen LogP contribution in [0.25, 0.3) is 0 Å². The summed E-state index contributed by atoms with van der Waals surface area (Å²) in [6.45, 7) is -2.39. The van der Waals surface area contributed by atoms with Crippen LogP contribution in [0.2, 0.25) is 0 Å². The van der Waals surface area contributed by atoms with Crippen LogP contribution in [0.3, 0.4) is 0 Å². The van der Waals surface area contributed by atoms with Gasteiger partial charge in [0.25, 0.3) is 0 Å². The first-order valence-electron chi connectivity index (χ1n) is 9.88. The van der Waals surface area contributed by atoms with Gasteiger partial charge in [0.05, 0.1) is 32.5 Å². The van der Waals surface area contributed by atoms with E-state index in [0.717, 1.165) is 7.11 Å². The van der Waals surface area contributed by atoms with E-state index in [0.29, 0.717) is 0 Å². The fourth-order valence-corrected chi connectivity index (χ4v) is 5.36. The Morgan fingerprint density at radius 1 is 0.923 bits per heavy atom. The third-order valence-corrected chi connectivity index (χ3v) is 6.80. The van der Waals surface area contributed by atoms with Gasteiger partial charge in [-0.25, -0.2) is 43.2 Å². The maximum atomic E-state index is 11.9. The summed E-state index contributed by atoms with van der Waals surface area (Å²) in [6, 6.07) is -2.10. The Hall–Kier alpha value is -1.21. The van der Waals surface area contributed by atoms with Crippen molar-refractivity contribution >= 4 is 47.5 Å². The van der Waals surface area contributed by atoms with E-state index < -0.39 is 116 Å². The van der Waals surface area contributed by atoms with E-state index in [1.165, 1.54) is 4.72 Å². The molecule has 0 aromatic carbocycles. The first-order chi connectivity index (χ1) is 17.6. The van der Waals surface area contributed by atoms with Crippen molar-refractivity contribution in [1.82, 2.24) is 4.72 Å². The van der Waals surface area contributed by atoms with E-state index in [-0.39, 0.29) is 0 Å². The van der Waals surface area contributed by atoms with Crippen molar-refractivity contribution < 1.29 is 93.3 Å². The van der Waals surface area contributed by atoms with Crippen LogP contribution >= 0.6 is 0 Å². The summed E-state index contributed by atoms with van der Waals surface area (Å²) in [5, 5.41) is 10.3. The van der Waals surface area contributed by atoms with Crippen molar-refractivity contribution in [3.8, 4) is 0 Å². The zero-order valence-corrected chi connectivity index (χ0v) is 22.3. The summed E-state index contributed by atoms with van der Waals surface area (Å²) in [5.41, 5.74) is 0. The van der Waals surface area contributed by atoms with E-state index in [1.54, 1.807) is 0 Å². The van der Waals surface area contributed by atoms with Crippen LogP contribution in [0, 0.1) is 0 Å². The summed E-state index contributed by atoms with van der Waals surface area (Å²) in [6.07, 6.45) is -16.2. The highest BCUT2D eigenvalue weighted by Crippen LogP contribution is 2.31. The van der Waals surface area contributed by atoms with Crippen molar-refractivity contribution in [3.63, 3.8) is 0 Å². The van der Waals surface area contributed by atoms with Crippen LogP contribution in [0.5, 0.6) is 0 Å². The number of carbonyl (C=O) groups excluding carboxylic acids is 1. The highest BCUT2D eigenvalue weighted by atomic mass is 32.3. The molecule has 8 atom stereocenters. The highest BCUT2D eigenvalue weighted by molar-refractivity contribution is 7.83. The Kier molecular flexibility index (Phi) is 11.1. The molecule has 8 unspecified atom stereocenters. The number of rotatable bonds is 12. The zero-order chi connectivity index (χ0) is 30.0. The van der Waals surface area contributed by atoms with Crippen molar-refractivity contribution in [3.05, 3.63) is 0 Å². The largest absolute Gasteiger partial charge is 0.735 e. The van der Waals surface area contributed by atoms with Crippen LogP contribution in [-0.2, 0) is 77.8 Å². The molecule has 0 saturated carbocycles. The van der Waals surface area contributed by atoms with Gasteiger partial charge >= 0.3 is 5.97 Å². The second kappa shape index (κ2) is 12.8. The summed E-state index contributed by atoms with van der Waals surface area (Å²) < 4.78 is 168. The summed E-state index contributed by atoms with van der Waals surface area (Å²) in [7, 11) is -21.6. The van der Waals surface area contributed by atoms with Crippen molar-refractivity contribution in [2.24, 2.45) is 0 Å². The molecule has 39 heavy (non-hydrogen) atoms. The molecule has 2 heterocycles. The van der Waals surface area contributed by atoms with Crippen LogP contribution < -0.4 is 4.72 Å². The Bertz CT molecular complexity index is 1290. The van der Waals surface area contributed by atoms with Crippen LogP contribution in [-0.4, -0.2) is 132 Å². The molecule has 2 N–H and O–H groups in total. The van der Waals surface area contributed by atoms with Gasteiger partial charge < -0.3 is 42.3 Å². The number of ether oxygens (including phenoxy) is 4. The number of aliphatic hydroxyl groups excluding tert-OH is 1. The van der Waals surface area contributed by atoms with E-state index in [9.17, 15) is 61.8 Å². The van der Waals surface area contributed by atoms with Gasteiger partial charge in [0.1, 0.15) is 18.3 Å². The third kappa shape index (κ3) is 11.3. The van der Waals surface area contributed by atoms with Crippen LogP contribution in [0.15, 0.2) is 0 Å². The molecule has 2 aliphatic heterocycles. The number of hydrogen-bond acceptors (Lipinski definition) is 21. The Labute approximate surface area is 221 Å². The van der Waals surface area contributed by atoms with Gasteiger partial charge in [0, 0.05) is 6.42 Å². The molecule has 2 rings (SSSR count). The van der Waals surface area contributed by atoms with E-state index in [1.807, 2.05) is 0 Å². The summed E-state index contributed by atoms with van der Waals surface area (Å²) in [4.78, 5) is 11.9. The molecule has 230 valence electrons. The highest BCUT2D eigenvalue weighted by Gasteiger charge is 2.50. The van der Waals surface area contributed by atoms with Gasteiger partial charge in [0.2, 0.25) is 31.2 Å². The third-order valence-electron chi connectivity index (χ3n) is 4.86. The quantitative estimate of drug-likeness (QED) is 0.112. The zero-order valence-electron chi connectivity index (χ0n) is 19.0. The molecule has 0 aromatic rings. The lowest BCUT2D eigenvalue weighted by Gasteiger charge is -2.46. The lowest BCUT2D eigenvalue weighted by atomic mass is 9.98. The minimum absolute atomic E-state index is 0.762. The predicted octanol–water partition coefficient (Wildman–Crippen LogP) is -5.99. The van der Waals surface area contributed by atoms with Gasteiger partial charge in [-0.15, -0.1) is 0 Å². The molecule has 0 aromatic heterocycles. The first-order valence-corrected chi connectivity index (χ1v) is 15.3. The molecule has 2 aliphatic rings. The van der Waals surface area contributed by atoms with E-state index >= 15 is 0 Å². The molecule has 2 fully saturated rings. The minimum Gasteiger partial charge on any atom is -0.735 e. The summed E-state index contributed by atoms with van der Waals surface area (Å²) >= 11 is 0. The number of esters is 1. The Morgan fingerprint density at radius 2 is 1.49 bits per heavy atom. The standard InChI is InChI=1S/C13H23NO21S4/c1-29-12(16)7-2-6(15)10(35-39(26,27)28)13(32-7)33-11-8(4-31-37(20,21)22)30-3-5(14-36(17,18)19)9(11)34-38(23,24)25/h5-11,13-15H,2-4H2,1H3,(H,17,18,19)(H,20,21,22)(H,23,24,25)(H,26,27,28)/p-4. The first kappa shape index (κ1) is 34.0. The number of hydrogen-bond donors (Lipinski definition) is 2. The fraction of sp³-hybridized carbons (Fsp3) is 0.923. The second-order valence-corrected chi connectivity index (χ2v) is 11.8. The average molecular weight is 654 g/mol. The number of aliphatic hydroxyl groups is 1. The number of carbonyl (C=O) groups is 1. The van der Waals surface area contributed by atoms with Gasteiger partial charge in [-0.3, -0.25) is 12.5 Å². The summed E-state index contributed by atoms with van der Waals surface area (Å²) in [5.74, 6) is -1.20. The van der Waals surface area contributed by atoms with Gasteiger partial charge in [-0.05, 0) is 0 Å². The molecular formula is C13H19NO21S4-4. The molecule has 0 radical (unpaired) electrons. The molecule has 2 saturated heterocycles. The lowest BCUT2D eigenvalue weighted by Crippen LogP contribution is -2.64. The predicted molar refractivity (Wildman–Crippen MR) is 107 cm³/mol. The SMILES string of the molecule is COC(=O)C1CC(O)C(OS(=O)(=O)[O-])C(OC2C(COS(=O)(=O)[O-])OCC(NS(=O)(=O)[O-])C2OS(=O)(=O)[O-])O1.